The molecule has 0 aromatic heterocycles. The fourth-order valence-corrected chi connectivity index (χ4v) is 2.22. The minimum Gasteiger partial charge on any atom is -0.179 e. The molecule has 0 aliphatic heterocycles. The first kappa shape index (κ1) is 11.1. The van der Waals surface area contributed by atoms with Gasteiger partial charge in [0.1, 0.15) is 0 Å². The van der Waals surface area contributed by atoms with Crippen molar-refractivity contribution in [2.45, 2.75) is 19.8 Å². The Balaban J connectivity index is 3.69. The van der Waals surface area contributed by atoms with Crippen LogP contribution in [0.5, 0.6) is 0 Å². The molecule has 0 heterocycles. The fraction of sp³-hybridized carbons (Fsp3) is 1.00. The first-order chi connectivity index (χ1) is 4.68. The molecule has 0 rings (SSSR count). The molecule has 0 aliphatic rings. The van der Waals surface area contributed by atoms with Gasteiger partial charge in [-0.3, -0.25) is 0 Å². The Bertz CT molecular complexity index is 76.9. The topological polar surface area (TPSA) is 0 Å². The molecule has 0 radical (unpaired) electrons. The Morgan fingerprint density at radius 1 is 1.00 bits per heavy atom. The van der Waals surface area contributed by atoms with Crippen LogP contribution in [-0.2, 0) is 0 Å². The first-order valence-corrected chi connectivity index (χ1v) is 5.41. The SMILES string of the molecule is CC(CS)(CCS)CCS. The summed E-state index contributed by atoms with van der Waals surface area (Å²) >= 11 is 12.7. The molecule has 0 spiro atoms. The quantitative estimate of drug-likeness (QED) is 0.553. The lowest BCUT2D eigenvalue weighted by Crippen LogP contribution is -2.19. The third-order valence-electron chi connectivity index (χ3n) is 1.81. The van der Waals surface area contributed by atoms with Gasteiger partial charge < -0.3 is 0 Å². The molecular formula is C7H16S3. The summed E-state index contributed by atoms with van der Waals surface area (Å²) in [7, 11) is 0. The van der Waals surface area contributed by atoms with E-state index < -0.39 is 0 Å². The average molecular weight is 196 g/mol. The Morgan fingerprint density at radius 2 is 1.40 bits per heavy atom. The third kappa shape index (κ3) is 4.04. The fourth-order valence-electron chi connectivity index (χ4n) is 0.823. The molecule has 0 N–H and O–H groups in total. The minimum atomic E-state index is 0.354. The summed E-state index contributed by atoms with van der Waals surface area (Å²) in [5, 5.41) is 0. The van der Waals surface area contributed by atoms with Crippen LogP contribution in [0.1, 0.15) is 19.8 Å². The lowest BCUT2D eigenvalue weighted by molar-refractivity contribution is 0.355. The van der Waals surface area contributed by atoms with Crippen LogP contribution in [0.3, 0.4) is 0 Å². The van der Waals surface area contributed by atoms with E-state index in [1.807, 2.05) is 0 Å². The zero-order chi connectivity index (χ0) is 8.04. The van der Waals surface area contributed by atoms with Gasteiger partial charge in [0.15, 0.2) is 0 Å². The molecule has 0 aliphatic carbocycles. The summed E-state index contributed by atoms with van der Waals surface area (Å²) in [6, 6.07) is 0. The predicted octanol–water partition coefficient (Wildman–Crippen LogP) is 2.56. The summed E-state index contributed by atoms with van der Waals surface area (Å²) in [5.74, 6) is 2.84. The summed E-state index contributed by atoms with van der Waals surface area (Å²) in [6.45, 7) is 2.24. The van der Waals surface area contributed by atoms with Gasteiger partial charge in [0.25, 0.3) is 0 Å². The lowest BCUT2D eigenvalue weighted by atomic mass is 9.87. The number of thiol groups is 3. The second-order valence-corrected chi connectivity index (χ2v) is 4.13. The summed E-state index contributed by atoms with van der Waals surface area (Å²) in [6.07, 6.45) is 2.28. The molecule has 0 bridgehead atoms. The monoisotopic (exact) mass is 196 g/mol. The highest BCUT2D eigenvalue weighted by molar-refractivity contribution is 7.80. The molecule has 0 saturated carbocycles. The molecule has 0 unspecified atom stereocenters. The van der Waals surface area contributed by atoms with Gasteiger partial charge in [0.2, 0.25) is 0 Å². The maximum absolute atomic E-state index is 4.30. The van der Waals surface area contributed by atoms with Crippen molar-refractivity contribution in [3.05, 3.63) is 0 Å². The van der Waals surface area contributed by atoms with Crippen molar-refractivity contribution in [1.82, 2.24) is 0 Å². The molecule has 0 nitrogen and oxygen atoms in total. The van der Waals surface area contributed by atoms with Crippen molar-refractivity contribution in [2.24, 2.45) is 5.41 Å². The van der Waals surface area contributed by atoms with E-state index in [1.165, 1.54) is 0 Å². The zero-order valence-electron chi connectivity index (χ0n) is 6.38. The third-order valence-corrected chi connectivity index (χ3v) is 3.02. The van der Waals surface area contributed by atoms with Gasteiger partial charge in [-0.1, -0.05) is 6.92 Å². The van der Waals surface area contributed by atoms with Crippen LogP contribution in [0.4, 0.5) is 0 Å². The van der Waals surface area contributed by atoms with Gasteiger partial charge >= 0.3 is 0 Å². The number of rotatable bonds is 5. The molecule has 0 saturated heterocycles. The van der Waals surface area contributed by atoms with Gasteiger partial charge in [-0.25, -0.2) is 0 Å². The van der Waals surface area contributed by atoms with Gasteiger partial charge in [-0.15, -0.1) is 0 Å². The average Bonchev–Trinajstić information content (AvgIpc) is 1.89. The van der Waals surface area contributed by atoms with E-state index in [-0.39, 0.29) is 0 Å². The van der Waals surface area contributed by atoms with Crippen molar-refractivity contribution in [3.63, 3.8) is 0 Å². The van der Waals surface area contributed by atoms with Gasteiger partial charge in [-0.2, -0.15) is 37.9 Å². The van der Waals surface area contributed by atoms with E-state index in [2.05, 4.69) is 44.8 Å². The zero-order valence-corrected chi connectivity index (χ0v) is 9.06. The van der Waals surface area contributed by atoms with E-state index in [9.17, 15) is 0 Å². The van der Waals surface area contributed by atoms with Crippen LogP contribution >= 0.6 is 37.9 Å². The minimum absolute atomic E-state index is 0.354. The maximum Gasteiger partial charge on any atom is -0.00432 e. The number of hydrogen-bond donors (Lipinski definition) is 3. The number of hydrogen-bond acceptors (Lipinski definition) is 3. The molecule has 10 heavy (non-hydrogen) atoms. The molecule has 0 aromatic rings. The Labute approximate surface area is 80.4 Å². The van der Waals surface area contributed by atoms with E-state index in [1.54, 1.807) is 0 Å². The molecule has 0 amide bonds. The van der Waals surface area contributed by atoms with Crippen LogP contribution in [0.2, 0.25) is 0 Å². The normalized spacial score (nSPS) is 12.0. The first-order valence-electron chi connectivity index (χ1n) is 3.51. The van der Waals surface area contributed by atoms with Crippen LogP contribution in [-0.4, -0.2) is 17.3 Å². The highest BCUT2D eigenvalue weighted by Gasteiger charge is 2.19. The van der Waals surface area contributed by atoms with Crippen molar-refractivity contribution >= 4 is 37.9 Å². The highest BCUT2D eigenvalue weighted by Crippen LogP contribution is 2.27. The van der Waals surface area contributed by atoms with Crippen LogP contribution in [0.15, 0.2) is 0 Å². The van der Waals surface area contributed by atoms with Gasteiger partial charge in [0.05, 0.1) is 0 Å². The molecule has 0 fully saturated rings. The van der Waals surface area contributed by atoms with Crippen molar-refractivity contribution < 1.29 is 0 Å². The van der Waals surface area contributed by atoms with Gasteiger partial charge in [-0.05, 0) is 35.5 Å². The van der Waals surface area contributed by atoms with Crippen molar-refractivity contribution in [3.8, 4) is 0 Å². The Kier molecular flexibility index (Phi) is 6.26. The van der Waals surface area contributed by atoms with E-state index in [4.69, 9.17) is 0 Å². The van der Waals surface area contributed by atoms with E-state index in [0.717, 1.165) is 30.1 Å². The maximum atomic E-state index is 4.30. The summed E-state index contributed by atoms with van der Waals surface area (Å²) in [5.41, 5.74) is 0.354. The highest BCUT2D eigenvalue weighted by atomic mass is 32.1. The smallest absolute Gasteiger partial charge is 0.00432 e. The van der Waals surface area contributed by atoms with Crippen LogP contribution < -0.4 is 0 Å². The second-order valence-electron chi connectivity index (χ2n) is 2.92. The van der Waals surface area contributed by atoms with E-state index in [0.29, 0.717) is 5.41 Å². The Hall–Kier alpha value is 1.05. The van der Waals surface area contributed by atoms with Gasteiger partial charge in [0, 0.05) is 0 Å². The lowest BCUT2D eigenvalue weighted by Gasteiger charge is -2.25. The molecular weight excluding hydrogens is 180 g/mol. The summed E-state index contributed by atoms with van der Waals surface area (Å²) in [4.78, 5) is 0. The molecule has 62 valence electrons. The molecule has 3 heteroatoms. The molecule has 0 atom stereocenters. The van der Waals surface area contributed by atoms with Crippen LogP contribution in [0.25, 0.3) is 0 Å². The summed E-state index contributed by atoms with van der Waals surface area (Å²) < 4.78 is 0. The van der Waals surface area contributed by atoms with Crippen molar-refractivity contribution in [1.29, 1.82) is 0 Å². The van der Waals surface area contributed by atoms with E-state index >= 15 is 0 Å². The molecule has 0 aromatic carbocycles. The second kappa shape index (κ2) is 5.67. The Morgan fingerprint density at radius 3 is 1.60 bits per heavy atom. The standard InChI is InChI=1S/C7H16S3/c1-7(6-10,2-4-8)3-5-9/h8-10H,2-6H2,1H3. The van der Waals surface area contributed by atoms with Crippen molar-refractivity contribution in [2.75, 3.05) is 17.3 Å². The van der Waals surface area contributed by atoms with Crippen LogP contribution in [0, 0.1) is 5.41 Å². The predicted molar refractivity (Wildman–Crippen MR) is 58.9 cm³/mol. The largest absolute Gasteiger partial charge is 0.179 e.